The molecule has 1 unspecified atom stereocenters. The first-order chi connectivity index (χ1) is 10.7. The normalized spacial score (nSPS) is 12.5. The van der Waals surface area contributed by atoms with Gasteiger partial charge in [-0.3, -0.25) is 4.99 Å². The van der Waals surface area contributed by atoms with E-state index in [-0.39, 0.29) is 24.0 Å². The molecule has 1 aromatic carbocycles. The molecule has 0 spiro atoms. The Hall–Kier alpha value is -0.860. The molecule has 0 amide bonds. The van der Waals surface area contributed by atoms with Gasteiger partial charge in [0.05, 0.1) is 13.2 Å². The van der Waals surface area contributed by atoms with Crippen LogP contribution in [0.25, 0.3) is 0 Å². The fraction of sp³-hybridized carbons (Fsp3) is 0.588. The summed E-state index contributed by atoms with van der Waals surface area (Å²) in [4.78, 5) is 4.33. The minimum Gasteiger partial charge on any atom is -0.382 e. The van der Waals surface area contributed by atoms with Gasteiger partial charge in [0.25, 0.3) is 0 Å². The number of ether oxygens (including phenoxy) is 2. The fourth-order valence-electron chi connectivity index (χ4n) is 1.85. The standard InChI is InChI=1S/C17H29N3O2.HI/c1-3-21-11-7-10-19-17(18)20-12-15(2)13-22-14-16-8-5-4-6-9-16;/h4-6,8-9,15H,3,7,10-14H2,1-2H3,(H3,18,19,20);1H. The molecule has 0 heterocycles. The number of hydrogen-bond donors (Lipinski definition) is 2. The van der Waals surface area contributed by atoms with Crippen molar-refractivity contribution in [2.24, 2.45) is 16.6 Å². The van der Waals surface area contributed by atoms with Gasteiger partial charge in [-0.1, -0.05) is 37.3 Å². The van der Waals surface area contributed by atoms with E-state index in [1.165, 1.54) is 5.56 Å². The van der Waals surface area contributed by atoms with E-state index in [2.05, 4.69) is 29.4 Å². The Balaban J connectivity index is 0.00000484. The Labute approximate surface area is 157 Å². The molecule has 1 atom stereocenters. The minimum atomic E-state index is 0. The van der Waals surface area contributed by atoms with Crippen LogP contribution in [0.5, 0.6) is 0 Å². The van der Waals surface area contributed by atoms with E-state index >= 15 is 0 Å². The molecule has 0 aliphatic carbocycles. The average Bonchev–Trinajstić information content (AvgIpc) is 2.54. The summed E-state index contributed by atoms with van der Waals surface area (Å²) in [5.74, 6) is 0.832. The third kappa shape index (κ3) is 12.3. The van der Waals surface area contributed by atoms with Crippen LogP contribution < -0.4 is 11.1 Å². The van der Waals surface area contributed by atoms with Gasteiger partial charge < -0.3 is 20.5 Å². The van der Waals surface area contributed by atoms with Crippen LogP contribution in [0.1, 0.15) is 25.8 Å². The maximum atomic E-state index is 5.81. The van der Waals surface area contributed by atoms with E-state index in [4.69, 9.17) is 15.2 Å². The van der Waals surface area contributed by atoms with Crippen LogP contribution in [0, 0.1) is 5.92 Å². The van der Waals surface area contributed by atoms with Crippen molar-refractivity contribution in [3.63, 3.8) is 0 Å². The van der Waals surface area contributed by atoms with Crippen LogP contribution >= 0.6 is 24.0 Å². The van der Waals surface area contributed by atoms with Crippen LogP contribution in [0.15, 0.2) is 35.3 Å². The summed E-state index contributed by atoms with van der Waals surface area (Å²) in [5, 5.41) is 3.09. The van der Waals surface area contributed by atoms with Gasteiger partial charge in [0, 0.05) is 26.3 Å². The van der Waals surface area contributed by atoms with Crippen LogP contribution in [-0.2, 0) is 16.1 Å². The highest BCUT2D eigenvalue weighted by Gasteiger charge is 2.02. The third-order valence-corrected chi connectivity index (χ3v) is 3.06. The van der Waals surface area contributed by atoms with Crippen molar-refractivity contribution in [1.29, 1.82) is 0 Å². The molecule has 0 fully saturated rings. The third-order valence-electron chi connectivity index (χ3n) is 3.06. The highest BCUT2D eigenvalue weighted by Crippen LogP contribution is 2.03. The number of rotatable bonds is 11. The summed E-state index contributed by atoms with van der Waals surface area (Å²) in [7, 11) is 0. The highest BCUT2D eigenvalue weighted by molar-refractivity contribution is 14.0. The molecule has 0 radical (unpaired) electrons. The van der Waals surface area contributed by atoms with E-state index in [1.807, 2.05) is 25.1 Å². The number of hydrogen-bond acceptors (Lipinski definition) is 3. The predicted molar refractivity (Wildman–Crippen MR) is 106 cm³/mol. The first kappa shape index (κ1) is 22.1. The van der Waals surface area contributed by atoms with E-state index in [9.17, 15) is 0 Å². The summed E-state index contributed by atoms with van der Waals surface area (Å²) < 4.78 is 10.9. The fourth-order valence-corrected chi connectivity index (χ4v) is 1.85. The van der Waals surface area contributed by atoms with Crippen molar-refractivity contribution in [1.82, 2.24) is 5.32 Å². The van der Waals surface area contributed by atoms with Crippen LogP contribution in [0.2, 0.25) is 0 Å². The molecule has 0 aromatic heterocycles. The Bertz CT molecular complexity index is 416. The van der Waals surface area contributed by atoms with Crippen molar-refractivity contribution >= 4 is 29.9 Å². The first-order valence-electron chi connectivity index (χ1n) is 7.95. The summed E-state index contributed by atoms with van der Waals surface area (Å²) >= 11 is 0. The molecule has 0 aliphatic rings. The molecule has 5 nitrogen and oxygen atoms in total. The summed E-state index contributed by atoms with van der Waals surface area (Å²) in [6, 6.07) is 10.2. The smallest absolute Gasteiger partial charge is 0.188 e. The van der Waals surface area contributed by atoms with Gasteiger partial charge in [-0.05, 0) is 24.8 Å². The summed E-state index contributed by atoms with van der Waals surface area (Å²) in [6.45, 7) is 8.37. The molecule has 3 N–H and O–H groups in total. The minimum absolute atomic E-state index is 0. The molecule has 6 heteroatoms. The van der Waals surface area contributed by atoms with Gasteiger partial charge >= 0.3 is 0 Å². The molecule has 0 saturated carbocycles. The lowest BCUT2D eigenvalue weighted by Gasteiger charge is -2.11. The van der Waals surface area contributed by atoms with Crippen molar-refractivity contribution in [2.45, 2.75) is 26.9 Å². The monoisotopic (exact) mass is 435 g/mol. The molecule has 1 rings (SSSR count). The largest absolute Gasteiger partial charge is 0.382 e. The van der Waals surface area contributed by atoms with Crippen LogP contribution in [-0.4, -0.2) is 38.9 Å². The lowest BCUT2D eigenvalue weighted by molar-refractivity contribution is 0.0945. The van der Waals surface area contributed by atoms with Crippen LogP contribution in [0.4, 0.5) is 0 Å². The second-order valence-electron chi connectivity index (χ2n) is 5.31. The predicted octanol–water partition coefficient (Wildman–Crippen LogP) is 2.79. The first-order valence-corrected chi connectivity index (χ1v) is 7.95. The van der Waals surface area contributed by atoms with Crippen molar-refractivity contribution in [2.75, 3.05) is 32.9 Å². The molecule has 0 bridgehead atoms. The number of nitrogens with one attached hydrogen (secondary N) is 1. The Kier molecular flexibility index (Phi) is 14.2. The molecule has 23 heavy (non-hydrogen) atoms. The maximum absolute atomic E-state index is 5.81. The van der Waals surface area contributed by atoms with Gasteiger partial charge in [0.2, 0.25) is 0 Å². The number of halogens is 1. The second kappa shape index (κ2) is 14.7. The topological polar surface area (TPSA) is 68.9 Å². The maximum Gasteiger partial charge on any atom is 0.188 e. The SMILES string of the molecule is CCOCCCNC(N)=NCC(C)COCc1ccccc1.I. The number of nitrogens with two attached hydrogens (primary N) is 1. The van der Waals surface area contributed by atoms with Gasteiger partial charge in [0.15, 0.2) is 5.96 Å². The van der Waals surface area contributed by atoms with E-state index in [0.29, 0.717) is 31.6 Å². The molecular formula is C17H30IN3O2. The number of nitrogens with zero attached hydrogens (tertiary/aromatic N) is 1. The lowest BCUT2D eigenvalue weighted by Crippen LogP contribution is -2.33. The zero-order chi connectivity index (χ0) is 16.0. The van der Waals surface area contributed by atoms with E-state index < -0.39 is 0 Å². The molecular weight excluding hydrogens is 405 g/mol. The van der Waals surface area contributed by atoms with E-state index in [0.717, 1.165) is 26.2 Å². The highest BCUT2D eigenvalue weighted by atomic mass is 127. The molecule has 0 saturated heterocycles. The zero-order valence-corrected chi connectivity index (χ0v) is 16.5. The molecule has 1 aromatic rings. The van der Waals surface area contributed by atoms with Crippen molar-refractivity contribution in [3.8, 4) is 0 Å². The Morgan fingerprint density at radius 3 is 2.70 bits per heavy atom. The second-order valence-corrected chi connectivity index (χ2v) is 5.31. The van der Waals surface area contributed by atoms with Gasteiger partial charge in [-0.2, -0.15) is 0 Å². The van der Waals surface area contributed by atoms with Gasteiger partial charge in [-0.15, -0.1) is 24.0 Å². The van der Waals surface area contributed by atoms with Gasteiger partial charge in [-0.25, -0.2) is 0 Å². The zero-order valence-electron chi connectivity index (χ0n) is 14.2. The number of guanidine groups is 1. The number of aliphatic imine (C=N–C) groups is 1. The van der Waals surface area contributed by atoms with E-state index in [1.54, 1.807) is 0 Å². The lowest BCUT2D eigenvalue weighted by atomic mass is 10.2. The summed E-state index contributed by atoms with van der Waals surface area (Å²) in [6.07, 6.45) is 0.930. The van der Waals surface area contributed by atoms with Crippen LogP contribution in [0.3, 0.4) is 0 Å². The Morgan fingerprint density at radius 2 is 2.00 bits per heavy atom. The summed E-state index contributed by atoms with van der Waals surface area (Å²) in [5.41, 5.74) is 7.00. The molecule has 0 aliphatic heterocycles. The molecule has 132 valence electrons. The number of benzene rings is 1. The quantitative estimate of drug-likeness (QED) is 0.243. The Morgan fingerprint density at radius 1 is 1.26 bits per heavy atom. The average molecular weight is 435 g/mol. The van der Waals surface area contributed by atoms with Gasteiger partial charge in [0.1, 0.15) is 0 Å². The van der Waals surface area contributed by atoms with Crippen molar-refractivity contribution in [3.05, 3.63) is 35.9 Å². The van der Waals surface area contributed by atoms with Crippen molar-refractivity contribution < 1.29 is 9.47 Å².